The van der Waals surface area contributed by atoms with Crippen LogP contribution in [-0.4, -0.2) is 40.0 Å². The minimum absolute atomic E-state index is 0.269. The molecule has 84 valence electrons. The van der Waals surface area contributed by atoms with Crippen LogP contribution >= 0.6 is 11.8 Å². The van der Waals surface area contributed by atoms with Gasteiger partial charge < -0.3 is 10.2 Å². The van der Waals surface area contributed by atoms with Gasteiger partial charge in [0.05, 0.1) is 6.61 Å². The van der Waals surface area contributed by atoms with Crippen molar-refractivity contribution in [3.8, 4) is 0 Å². The van der Waals surface area contributed by atoms with E-state index in [1.807, 2.05) is 0 Å². The molecule has 0 aromatic heterocycles. The topological polar surface area (TPSA) is 57.5 Å². The predicted molar refractivity (Wildman–Crippen MR) is 46.2 cm³/mol. The maximum Gasteiger partial charge on any atom is 0.403 e. The van der Waals surface area contributed by atoms with E-state index < -0.39 is 23.8 Å². The molecular formula is C7H11F3O3S. The van der Waals surface area contributed by atoms with E-state index in [2.05, 4.69) is 0 Å². The third-order valence-corrected chi connectivity index (χ3v) is 2.74. The molecule has 7 heteroatoms. The highest BCUT2D eigenvalue weighted by Crippen LogP contribution is 2.30. The Morgan fingerprint density at radius 2 is 2.00 bits per heavy atom. The fourth-order valence-electron chi connectivity index (χ4n) is 0.619. The first-order chi connectivity index (χ1) is 6.29. The van der Waals surface area contributed by atoms with Crippen LogP contribution in [0.5, 0.6) is 0 Å². The van der Waals surface area contributed by atoms with Crippen LogP contribution in [0.3, 0.4) is 0 Å². The number of aliphatic hydroxyl groups excluding tert-OH is 1. The summed E-state index contributed by atoms with van der Waals surface area (Å²) in [6.45, 7) is 1.26. The molecule has 0 aliphatic rings. The van der Waals surface area contributed by atoms with Crippen LogP contribution in [0.15, 0.2) is 0 Å². The molecule has 0 rings (SSSR count). The van der Waals surface area contributed by atoms with Gasteiger partial charge in [0.15, 0.2) is 5.92 Å². The summed E-state index contributed by atoms with van der Waals surface area (Å²) in [6.07, 6.45) is -4.73. The van der Waals surface area contributed by atoms with Crippen molar-refractivity contribution >= 4 is 17.7 Å². The number of carboxylic acids is 1. The molecule has 0 amide bonds. The summed E-state index contributed by atoms with van der Waals surface area (Å²) in [5, 5.41) is 16.4. The number of rotatable bonds is 5. The van der Waals surface area contributed by atoms with E-state index >= 15 is 0 Å². The SMILES string of the molecule is CC(CO)SCC(C(=O)O)C(F)(F)F. The van der Waals surface area contributed by atoms with Gasteiger partial charge in [-0.05, 0) is 0 Å². The van der Waals surface area contributed by atoms with E-state index in [-0.39, 0.29) is 11.9 Å². The Kier molecular flexibility index (Phi) is 5.28. The Hall–Kier alpha value is -0.430. The first-order valence-electron chi connectivity index (χ1n) is 3.81. The Morgan fingerprint density at radius 1 is 1.50 bits per heavy atom. The van der Waals surface area contributed by atoms with Gasteiger partial charge in [-0.15, -0.1) is 0 Å². The molecule has 0 saturated heterocycles. The monoisotopic (exact) mass is 232 g/mol. The van der Waals surface area contributed by atoms with Gasteiger partial charge in [0.2, 0.25) is 0 Å². The highest BCUT2D eigenvalue weighted by Gasteiger charge is 2.44. The molecule has 2 unspecified atom stereocenters. The summed E-state index contributed by atoms with van der Waals surface area (Å²) < 4.78 is 36.2. The van der Waals surface area contributed by atoms with E-state index in [9.17, 15) is 18.0 Å². The van der Waals surface area contributed by atoms with Gasteiger partial charge in [0.25, 0.3) is 0 Å². The van der Waals surface area contributed by atoms with E-state index in [4.69, 9.17) is 10.2 Å². The predicted octanol–water partition coefficient (Wildman–Crippen LogP) is 1.36. The molecule has 0 saturated carbocycles. The Morgan fingerprint density at radius 3 is 2.29 bits per heavy atom. The first-order valence-corrected chi connectivity index (χ1v) is 4.86. The second kappa shape index (κ2) is 5.45. The standard InChI is InChI=1S/C7H11F3O3S/c1-4(2-11)14-3-5(6(12)13)7(8,9)10/h4-5,11H,2-3H2,1H3,(H,12,13). The van der Waals surface area contributed by atoms with Gasteiger partial charge in [0, 0.05) is 11.0 Å². The maximum absolute atomic E-state index is 12.1. The third-order valence-electron chi connectivity index (χ3n) is 1.50. The van der Waals surface area contributed by atoms with Crippen LogP contribution in [0, 0.1) is 5.92 Å². The highest BCUT2D eigenvalue weighted by molar-refractivity contribution is 7.99. The molecule has 0 bridgehead atoms. The van der Waals surface area contributed by atoms with Gasteiger partial charge >= 0.3 is 12.1 Å². The van der Waals surface area contributed by atoms with Crippen molar-refractivity contribution in [2.45, 2.75) is 18.3 Å². The number of carboxylic acid groups (broad SMARTS) is 1. The highest BCUT2D eigenvalue weighted by atomic mass is 32.2. The number of hydrogen-bond acceptors (Lipinski definition) is 3. The Labute approximate surface area is 83.3 Å². The Bertz CT molecular complexity index is 195. The molecule has 0 spiro atoms. The quantitative estimate of drug-likeness (QED) is 0.751. The lowest BCUT2D eigenvalue weighted by Gasteiger charge is -2.17. The van der Waals surface area contributed by atoms with Gasteiger partial charge in [-0.25, -0.2) is 0 Å². The van der Waals surface area contributed by atoms with Crippen molar-refractivity contribution in [1.29, 1.82) is 0 Å². The molecule has 14 heavy (non-hydrogen) atoms. The van der Waals surface area contributed by atoms with Crippen LogP contribution in [0.4, 0.5) is 13.2 Å². The van der Waals surface area contributed by atoms with Gasteiger partial charge in [-0.1, -0.05) is 6.92 Å². The van der Waals surface area contributed by atoms with Crippen molar-refractivity contribution in [2.24, 2.45) is 5.92 Å². The number of thioether (sulfide) groups is 1. The number of carbonyl (C=O) groups is 1. The first kappa shape index (κ1) is 13.6. The summed E-state index contributed by atoms with van der Waals surface area (Å²) in [6, 6.07) is 0. The van der Waals surface area contributed by atoms with Crippen LogP contribution in [0.25, 0.3) is 0 Å². The second-order valence-electron chi connectivity index (χ2n) is 2.76. The second-order valence-corrected chi connectivity index (χ2v) is 4.23. The average Bonchev–Trinajstić information content (AvgIpc) is 2.01. The normalized spacial score (nSPS) is 16.4. The summed E-state index contributed by atoms with van der Waals surface area (Å²) in [5.74, 6) is -4.81. The molecule has 0 heterocycles. The zero-order valence-corrected chi connectivity index (χ0v) is 8.23. The molecule has 0 aliphatic carbocycles. The van der Waals surface area contributed by atoms with Crippen molar-refractivity contribution in [3.63, 3.8) is 0 Å². The largest absolute Gasteiger partial charge is 0.481 e. The zero-order valence-electron chi connectivity index (χ0n) is 7.41. The lowest BCUT2D eigenvalue weighted by atomic mass is 10.2. The summed E-state index contributed by atoms with van der Waals surface area (Å²) in [5.41, 5.74) is 0. The van der Waals surface area contributed by atoms with E-state index in [1.54, 1.807) is 0 Å². The Balaban J connectivity index is 4.19. The van der Waals surface area contributed by atoms with Gasteiger partial charge in [-0.3, -0.25) is 4.79 Å². The summed E-state index contributed by atoms with van der Waals surface area (Å²) >= 11 is 0.789. The summed E-state index contributed by atoms with van der Waals surface area (Å²) in [4.78, 5) is 10.3. The van der Waals surface area contributed by atoms with Crippen LogP contribution in [0.1, 0.15) is 6.92 Å². The average molecular weight is 232 g/mol. The maximum atomic E-state index is 12.1. The lowest BCUT2D eigenvalue weighted by Crippen LogP contribution is -2.33. The van der Waals surface area contributed by atoms with Gasteiger partial charge in [0.1, 0.15) is 0 Å². The van der Waals surface area contributed by atoms with E-state index in [0.717, 1.165) is 11.8 Å². The molecule has 2 atom stereocenters. The zero-order chi connectivity index (χ0) is 11.4. The molecule has 0 aromatic carbocycles. The molecule has 0 radical (unpaired) electrons. The minimum Gasteiger partial charge on any atom is -0.481 e. The molecule has 0 fully saturated rings. The molecule has 0 aromatic rings. The van der Waals surface area contributed by atoms with Crippen LogP contribution in [0.2, 0.25) is 0 Å². The number of aliphatic carboxylic acids is 1. The van der Waals surface area contributed by atoms with E-state index in [1.165, 1.54) is 6.92 Å². The lowest BCUT2D eigenvalue weighted by molar-refractivity contribution is -0.188. The van der Waals surface area contributed by atoms with Gasteiger partial charge in [-0.2, -0.15) is 24.9 Å². The number of alkyl halides is 3. The fourth-order valence-corrected chi connectivity index (χ4v) is 1.58. The molecule has 0 aliphatic heterocycles. The fraction of sp³-hybridized carbons (Fsp3) is 0.857. The van der Waals surface area contributed by atoms with Crippen molar-refractivity contribution in [2.75, 3.05) is 12.4 Å². The molecule has 3 nitrogen and oxygen atoms in total. The van der Waals surface area contributed by atoms with Crippen molar-refractivity contribution in [1.82, 2.24) is 0 Å². The van der Waals surface area contributed by atoms with Crippen molar-refractivity contribution < 1.29 is 28.2 Å². The molecule has 2 N–H and O–H groups in total. The smallest absolute Gasteiger partial charge is 0.403 e. The van der Waals surface area contributed by atoms with Crippen molar-refractivity contribution in [3.05, 3.63) is 0 Å². The molecular weight excluding hydrogens is 221 g/mol. The summed E-state index contributed by atoms with van der Waals surface area (Å²) in [7, 11) is 0. The number of halogens is 3. The third kappa shape index (κ3) is 4.71. The minimum atomic E-state index is -4.73. The van der Waals surface area contributed by atoms with E-state index in [0.29, 0.717) is 0 Å². The van der Waals surface area contributed by atoms with Crippen LogP contribution < -0.4 is 0 Å². The number of aliphatic hydroxyl groups is 1. The van der Waals surface area contributed by atoms with Crippen LogP contribution in [-0.2, 0) is 4.79 Å². The number of hydrogen-bond donors (Lipinski definition) is 2.